The number of carbonyl (C=O) groups is 6. The lowest BCUT2D eigenvalue weighted by Gasteiger charge is -2.35. The van der Waals surface area contributed by atoms with Gasteiger partial charge in [0.25, 0.3) is 0 Å². The number of alkyl carbamates (subject to hydrolysis) is 2. The van der Waals surface area contributed by atoms with Crippen LogP contribution < -0.4 is 26.2 Å². The molecule has 0 aliphatic carbocycles. The summed E-state index contributed by atoms with van der Waals surface area (Å²) in [4.78, 5) is 84.6. The van der Waals surface area contributed by atoms with Gasteiger partial charge < -0.3 is 45.4 Å². The lowest BCUT2D eigenvalue weighted by Crippen LogP contribution is -2.57. The van der Waals surface area contributed by atoms with Crippen LogP contribution in [0.15, 0.2) is 72.8 Å². The maximum atomic E-state index is 14.0. The molecule has 2 heterocycles. The third-order valence-electron chi connectivity index (χ3n) is 12.0. The number of nitrogens with one attached hydrogen (secondary N) is 4. The molecule has 3 aromatic carbocycles. The summed E-state index contributed by atoms with van der Waals surface area (Å²) in [6.45, 7) is 16.5. The molecule has 0 radical (unpaired) electrons. The minimum Gasteiger partial charge on any atom is -0.453 e. The zero-order valence-corrected chi connectivity index (χ0v) is 38.6. The van der Waals surface area contributed by atoms with Gasteiger partial charge in [0.15, 0.2) is 0 Å². The smallest absolute Gasteiger partial charge is 0.407 e. The van der Waals surface area contributed by atoms with E-state index < -0.39 is 47.2 Å². The highest BCUT2D eigenvalue weighted by atomic mass is 19.1. The Morgan fingerprint density at radius 3 is 1.31 bits per heavy atom. The lowest BCUT2D eigenvalue weighted by atomic mass is 9.85. The molecule has 0 spiro atoms. The molecule has 3 aromatic rings. The van der Waals surface area contributed by atoms with Crippen LogP contribution in [0.2, 0.25) is 0 Å². The van der Waals surface area contributed by atoms with E-state index in [2.05, 4.69) is 26.2 Å². The second-order valence-electron chi connectivity index (χ2n) is 19.1. The van der Waals surface area contributed by atoms with Crippen molar-refractivity contribution in [1.82, 2.24) is 20.4 Å². The summed E-state index contributed by atoms with van der Waals surface area (Å²) in [5, 5.41) is 11.3. The van der Waals surface area contributed by atoms with Gasteiger partial charge in [-0.1, -0.05) is 79.7 Å². The summed E-state index contributed by atoms with van der Waals surface area (Å²) >= 11 is 0. The number of benzene rings is 3. The zero-order valence-electron chi connectivity index (χ0n) is 38.6. The van der Waals surface area contributed by atoms with E-state index in [1.54, 1.807) is 46.2 Å². The lowest BCUT2D eigenvalue weighted by molar-refractivity contribution is -0.141. The summed E-state index contributed by atoms with van der Waals surface area (Å²) < 4.78 is 23.6. The van der Waals surface area contributed by atoms with Crippen molar-refractivity contribution in [3.8, 4) is 0 Å². The second-order valence-corrected chi connectivity index (χ2v) is 19.1. The van der Waals surface area contributed by atoms with Crippen molar-refractivity contribution in [3.63, 3.8) is 0 Å². The fourth-order valence-corrected chi connectivity index (χ4v) is 8.32. The van der Waals surface area contributed by atoms with E-state index in [-0.39, 0.29) is 41.3 Å². The first kappa shape index (κ1) is 48.8. The topological polar surface area (TPSA) is 179 Å². The highest BCUT2D eigenvalue weighted by molar-refractivity contribution is 6.00. The number of nitrogens with zero attached hydrogens (tertiary/aromatic N) is 3. The third-order valence-corrected chi connectivity index (χ3v) is 12.0. The van der Waals surface area contributed by atoms with Crippen LogP contribution in [0, 0.1) is 28.5 Å². The molecule has 6 amide bonds. The molecule has 346 valence electrons. The zero-order chi connectivity index (χ0) is 47.1. The van der Waals surface area contributed by atoms with Crippen molar-refractivity contribution in [2.75, 3.05) is 42.8 Å². The van der Waals surface area contributed by atoms with Crippen molar-refractivity contribution in [2.45, 2.75) is 105 Å². The molecule has 2 saturated heterocycles. The number of hydrogen-bond acceptors (Lipinski definition) is 9. The van der Waals surface area contributed by atoms with E-state index in [0.29, 0.717) is 50.4 Å². The Morgan fingerprint density at radius 1 is 0.625 bits per heavy atom. The first-order chi connectivity index (χ1) is 30.1. The predicted molar refractivity (Wildman–Crippen MR) is 243 cm³/mol. The van der Waals surface area contributed by atoms with E-state index in [0.717, 1.165) is 16.8 Å². The van der Waals surface area contributed by atoms with Crippen LogP contribution in [-0.2, 0) is 41.7 Å². The Hall–Kier alpha value is -6.19. The van der Waals surface area contributed by atoms with Gasteiger partial charge in [-0.25, -0.2) is 14.0 Å². The van der Waals surface area contributed by atoms with Gasteiger partial charge in [0.2, 0.25) is 23.6 Å². The normalized spacial score (nSPS) is 19.5. The van der Waals surface area contributed by atoms with Gasteiger partial charge in [0.1, 0.15) is 30.0 Å². The number of halogens is 1. The van der Waals surface area contributed by atoms with E-state index in [9.17, 15) is 33.2 Å². The van der Waals surface area contributed by atoms with Crippen molar-refractivity contribution in [2.24, 2.45) is 22.7 Å². The molecule has 2 aliphatic heterocycles. The number of amides is 6. The predicted octanol–water partition coefficient (Wildman–Crippen LogP) is 6.92. The van der Waals surface area contributed by atoms with Crippen LogP contribution in [0.3, 0.4) is 0 Å². The van der Waals surface area contributed by atoms with Gasteiger partial charge in [-0.3, -0.25) is 19.2 Å². The number of hydrogen-bond donors (Lipinski definition) is 4. The SMILES string of the molecule is COC(=O)NC(C(=O)N1CCC(C)C1C(=O)Nc1ccc(CN(Cc2ccc(NC(=O)C3C(C)CCN3C(=O)C(NC(=O)OC)C(C)(C)C)cc2)c2ccc(F)cc2)cc1)C(C)(C)C. The van der Waals surface area contributed by atoms with Gasteiger partial charge >= 0.3 is 12.2 Å². The molecule has 0 saturated carbocycles. The molecule has 64 heavy (non-hydrogen) atoms. The van der Waals surface area contributed by atoms with Crippen molar-refractivity contribution in [1.29, 1.82) is 0 Å². The van der Waals surface area contributed by atoms with Gasteiger partial charge in [-0.15, -0.1) is 0 Å². The largest absolute Gasteiger partial charge is 0.453 e. The summed E-state index contributed by atoms with van der Waals surface area (Å²) in [5.74, 6) is -1.93. The van der Waals surface area contributed by atoms with E-state index >= 15 is 0 Å². The molecule has 0 aromatic heterocycles. The molecule has 6 unspecified atom stereocenters. The highest BCUT2D eigenvalue weighted by Gasteiger charge is 2.46. The Labute approximate surface area is 375 Å². The van der Waals surface area contributed by atoms with Gasteiger partial charge in [0, 0.05) is 43.2 Å². The summed E-state index contributed by atoms with van der Waals surface area (Å²) in [6.07, 6.45) is -0.182. The number of carbonyl (C=O) groups excluding carboxylic acids is 6. The van der Waals surface area contributed by atoms with Gasteiger partial charge in [0.05, 0.1) is 14.2 Å². The van der Waals surface area contributed by atoms with Crippen LogP contribution in [0.4, 0.5) is 31.0 Å². The Morgan fingerprint density at radius 2 is 0.984 bits per heavy atom. The van der Waals surface area contributed by atoms with E-state index in [1.165, 1.54) is 26.4 Å². The Balaban J connectivity index is 1.26. The molecule has 16 heteroatoms. The van der Waals surface area contributed by atoms with Crippen LogP contribution in [0.25, 0.3) is 0 Å². The summed E-state index contributed by atoms with van der Waals surface area (Å²) in [5.41, 5.74) is 2.45. The van der Waals surface area contributed by atoms with E-state index in [1.807, 2.05) is 79.7 Å². The third kappa shape index (κ3) is 12.1. The standard InChI is InChI=1S/C48H64FN7O8/c1-29-23-25-55(43(59)39(47(3,4)5)52-45(61)63-9)37(29)41(57)50-34-17-11-31(12-18-34)27-54(36-21-15-33(49)16-22-36)28-32-13-19-35(20-14-32)51-42(58)38-30(2)24-26-56(38)44(60)40(48(6,7)8)53-46(62)64-10/h11-22,29-30,37-40H,23-28H2,1-10H3,(H,50,57)(H,51,58)(H,52,61)(H,53,62). The van der Waals surface area contributed by atoms with Crippen LogP contribution in [0.1, 0.15) is 79.4 Å². The maximum Gasteiger partial charge on any atom is 0.407 e. The minimum atomic E-state index is -0.898. The quantitative estimate of drug-likeness (QED) is 0.142. The molecule has 2 aliphatic rings. The van der Waals surface area contributed by atoms with Gasteiger partial charge in [-0.2, -0.15) is 0 Å². The molecule has 6 atom stereocenters. The average Bonchev–Trinajstić information content (AvgIpc) is 3.83. The van der Waals surface area contributed by atoms with Crippen LogP contribution in [0.5, 0.6) is 0 Å². The fraction of sp³-hybridized carbons (Fsp3) is 0.500. The Bertz CT molecular complexity index is 2010. The van der Waals surface area contributed by atoms with E-state index in [4.69, 9.17) is 9.47 Å². The molecule has 15 nitrogen and oxygen atoms in total. The first-order valence-corrected chi connectivity index (χ1v) is 21.7. The van der Waals surface area contributed by atoms with Gasteiger partial charge in [-0.05, 0) is 95.2 Å². The van der Waals surface area contributed by atoms with Crippen LogP contribution in [-0.4, -0.2) is 97.1 Å². The fourth-order valence-electron chi connectivity index (χ4n) is 8.32. The second kappa shape index (κ2) is 20.5. The van der Waals surface area contributed by atoms with Crippen molar-refractivity contribution < 1.29 is 42.6 Å². The number of likely N-dealkylation sites (tertiary alicyclic amines) is 2. The average molecular weight is 886 g/mol. The first-order valence-electron chi connectivity index (χ1n) is 21.7. The van der Waals surface area contributed by atoms with Crippen molar-refractivity contribution >= 4 is 52.9 Å². The molecule has 5 rings (SSSR count). The molecule has 0 bridgehead atoms. The summed E-state index contributed by atoms with van der Waals surface area (Å²) in [7, 11) is 2.47. The summed E-state index contributed by atoms with van der Waals surface area (Å²) in [6, 6.07) is 17.7. The molecular weight excluding hydrogens is 822 g/mol. The highest BCUT2D eigenvalue weighted by Crippen LogP contribution is 2.32. The maximum absolute atomic E-state index is 14.0. The number of ether oxygens (including phenoxy) is 2. The van der Waals surface area contributed by atoms with Crippen LogP contribution >= 0.6 is 0 Å². The number of anilines is 3. The molecular formula is C48H64FN7O8. The Kier molecular flexibility index (Phi) is 15.7. The molecule has 4 N–H and O–H groups in total. The number of rotatable bonds is 13. The molecule has 2 fully saturated rings. The minimum absolute atomic E-state index is 0.113. The van der Waals surface area contributed by atoms with Crippen molar-refractivity contribution in [3.05, 3.63) is 89.7 Å². The number of methoxy groups -OCH3 is 2. The monoisotopic (exact) mass is 885 g/mol.